The highest BCUT2D eigenvalue weighted by Gasteiger charge is 2.39. The summed E-state index contributed by atoms with van der Waals surface area (Å²) in [7, 11) is -1.64. The van der Waals surface area contributed by atoms with E-state index in [4.69, 9.17) is 0 Å². The van der Waals surface area contributed by atoms with Crippen molar-refractivity contribution in [1.82, 2.24) is 4.98 Å². The van der Waals surface area contributed by atoms with E-state index < -0.39 is 8.24 Å². The molecule has 1 N–H and O–H groups in total. The maximum Gasteiger partial charge on any atom is 0.131 e. The van der Waals surface area contributed by atoms with Gasteiger partial charge in [-0.25, -0.2) is 0 Å². The number of aryl methyl sites for hydroxylation is 2. The smallest absolute Gasteiger partial charge is 0.131 e. The second kappa shape index (κ2) is 7.31. The summed E-state index contributed by atoms with van der Waals surface area (Å²) in [5, 5.41) is 0. The number of rotatable bonds is 4. The summed E-state index contributed by atoms with van der Waals surface area (Å²) in [5.74, 6) is 0. The van der Waals surface area contributed by atoms with Gasteiger partial charge in [-0.3, -0.25) is 0 Å². The van der Waals surface area contributed by atoms with Gasteiger partial charge in [-0.1, -0.05) is 80.9 Å². The lowest BCUT2D eigenvalue weighted by molar-refractivity contribution is 0.413. The van der Waals surface area contributed by atoms with Crippen molar-refractivity contribution >= 4 is 13.8 Å². The summed E-state index contributed by atoms with van der Waals surface area (Å²) >= 11 is 0. The van der Waals surface area contributed by atoms with Crippen molar-refractivity contribution in [2.45, 2.75) is 76.0 Å². The lowest BCUT2D eigenvalue weighted by atomic mass is 9.95. The van der Waals surface area contributed by atoms with Crippen LogP contribution in [0.4, 0.5) is 0 Å². The second-order valence-corrected chi connectivity index (χ2v) is 14.0. The fraction of sp³-hybridized carbons (Fsp3) is 0.462. The van der Waals surface area contributed by atoms with Crippen LogP contribution in [0, 0.1) is 0 Å². The molecule has 5 rings (SSSR count). The number of allylic oxidation sites excluding steroid dienone is 1. The number of nitrogens with one attached hydrogen (secondary N) is 1. The molecule has 0 aliphatic heterocycles. The summed E-state index contributed by atoms with van der Waals surface area (Å²) in [5.41, 5.74) is 9.77. The van der Waals surface area contributed by atoms with Crippen LogP contribution in [-0.2, 0) is 12.8 Å². The molecule has 0 radical (unpaired) electrons. The molecule has 1 nitrogen and oxygen atoms in total. The third-order valence-corrected chi connectivity index (χ3v) is 10.5. The van der Waals surface area contributed by atoms with E-state index in [2.05, 4.69) is 66.6 Å². The van der Waals surface area contributed by atoms with Crippen LogP contribution in [0.1, 0.15) is 71.9 Å². The quantitative estimate of drug-likeness (QED) is 0.601. The number of benzene rings is 2. The van der Waals surface area contributed by atoms with Crippen molar-refractivity contribution in [3.63, 3.8) is 0 Å². The maximum atomic E-state index is 4.21. The van der Waals surface area contributed by atoms with Crippen LogP contribution < -0.4 is 4.98 Å². The highest BCUT2D eigenvalue weighted by atomic mass is 28.3. The van der Waals surface area contributed by atoms with Crippen molar-refractivity contribution in [3.8, 4) is 0 Å². The van der Waals surface area contributed by atoms with Gasteiger partial charge in [0.1, 0.15) is 8.24 Å². The Hall–Kier alpha value is -1.64. The first-order chi connectivity index (χ1) is 13.6. The Kier molecular flexibility index (Phi) is 4.80. The summed E-state index contributed by atoms with van der Waals surface area (Å²) in [6.07, 6.45) is 13.5. The van der Waals surface area contributed by atoms with Crippen molar-refractivity contribution in [2.24, 2.45) is 0 Å². The second-order valence-electron chi connectivity index (χ2n) is 9.69. The molecule has 146 valence electrons. The summed E-state index contributed by atoms with van der Waals surface area (Å²) in [4.78, 5) is 4.21. The minimum absolute atomic E-state index is 0.575. The molecular weight excluding hydrogens is 354 g/mol. The van der Waals surface area contributed by atoms with Gasteiger partial charge in [0.15, 0.2) is 0 Å². The Morgan fingerprint density at radius 3 is 2.32 bits per heavy atom. The molecule has 3 aliphatic rings. The van der Waals surface area contributed by atoms with Gasteiger partial charge in [-0.15, -0.1) is 0 Å². The third kappa shape index (κ3) is 3.31. The molecule has 0 saturated heterocycles. The molecule has 0 bridgehead atoms. The topological polar surface area (TPSA) is 12.0 Å². The molecule has 2 aromatic rings. The average Bonchev–Trinajstić information content (AvgIpc) is 3.31. The molecular formula is C26H33NSi. The number of hydrogen-bond donors (Lipinski definition) is 1. The van der Waals surface area contributed by atoms with Crippen LogP contribution >= 0.6 is 0 Å². The van der Waals surface area contributed by atoms with E-state index in [1.54, 1.807) is 16.7 Å². The summed E-state index contributed by atoms with van der Waals surface area (Å²) in [6, 6.07) is 16.9. The predicted octanol–water partition coefficient (Wildman–Crippen LogP) is 6.37. The molecule has 2 aromatic carbocycles. The highest BCUT2D eigenvalue weighted by molar-refractivity contribution is 6.77. The van der Waals surface area contributed by atoms with Crippen molar-refractivity contribution in [3.05, 3.63) is 76.4 Å². The van der Waals surface area contributed by atoms with Gasteiger partial charge in [0.05, 0.1) is 0 Å². The van der Waals surface area contributed by atoms with Gasteiger partial charge < -0.3 is 4.98 Å². The van der Waals surface area contributed by atoms with Crippen LogP contribution in [0.25, 0.3) is 5.57 Å². The Bertz CT molecular complexity index is 890. The number of fused-ring (bicyclic) bond motifs is 2. The monoisotopic (exact) mass is 387 g/mol. The molecule has 0 amide bonds. The van der Waals surface area contributed by atoms with Gasteiger partial charge in [0.2, 0.25) is 0 Å². The highest BCUT2D eigenvalue weighted by Crippen LogP contribution is 2.45. The van der Waals surface area contributed by atoms with Crippen LogP contribution in [-0.4, -0.2) is 14.3 Å². The first-order valence-electron chi connectivity index (χ1n) is 11.3. The lowest BCUT2D eigenvalue weighted by Crippen LogP contribution is -2.54. The van der Waals surface area contributed by atoms with Gasteiger partial charge in [0.25, 0.3) is 0 Å². The van der Waals surface area contributed by atoms with E-state index in [9.17, 15) is 0 Å². The molecule has 28 heavy (non-hydrogen) atoms. The van der Waals surface area contributed by atoms with Gasteiger partial charge in [-0.05, 0) is 65.5 Å². The van der Waals surface area contributed by atoms with Crippen LogP contribution in [0.2, 0.25) is 13.1 Å². The lowest BCUT2D eigenvalue weighted by Gasteiger charge is -2.36. The minimum atomic E-state index is -1.64. The van der Waals surface area contributed by atoms with Crippen LogP contribution in [0.3, 0.4) is 0 Å². The van der Waals surface area contributed by atoms with Crippen molar-refractivity contribution < 1.29 is 0 Å². The van der Waals surface area contributed by atoms with Gasteiger partial charge in [0, 0.05) is 11.6 Å². The zero-order chi connectivity index (χ0) is 19.1. The fourth-order valence-electron chi connectivity index (χ4n) is 5.81. The first-order valence-corrected chi connectivity index (χ1v) is 14.4. The molecule has 3 aliphatic carbocycles. The largest absolute Gasteiger partial charge is 0.334 e. The fourth-order valence-corrected chi connectivity index (χ4v) is 8.93. The van der Waals surface area contributed by atoms with E-state index in [-0.39, 0.29) is 0 Å². The average molecular weight is 388 g/mol. The SMILES string of the molecule is C[Si](C)(NC1CCCCC1)C1C=C(c2ccccc2)c2cc3c(cc21)CCC3. The minimum Gasteiger partial charge on any atom is -0.334 e. The van der Waals surface area contributed by atoms with E-state index in [0.29, 0.717) is 5.54 Å². The summed E-state index contributed by atoms with van der Waals surface area (Å²) < 4.78 is 0. The molecule has 0 aromatic heterocycles. The molecule has 1 saturated carbocycles. The van der Waals surface area contributed by atoms with E-state index in [1.807, 2.05) is 0 Å². The normalized spacial score (nSPS) is 22.1. The zero-order valence-electron chi connectivity index (χ0n) is 17.4. The molecule has 2 heteroatoms. The van der Waals surface area contributed by atoms with E-state index >= 15 is 0 Å². The van der Waals surface area contributed by atoms with E-state index in [1.165, 1.54) is 68.1 Å². The third-order valence-electron chi connectivity index (χ3n) is 7.27. The van der Waals surface area contributed by atoms with Crippen molar-refractivity contribution in [2.75, 3.05) is 0 Å². The predicted molar refractivity (Wildman–Crippen MR) is 122 cm³/mol. The Labute approximate surface area is 171 Å². The first kappa shape index (κ1) is 18.4. The summed E-state index contributed by atoms with van der Waals surface area (Å²) in [6.45, 7) is 5.13. The molecule has 1 atom stereocenters. The zero-order valence-corrected chi connectivity index (χ0v) is 18.4. The Balaban J connectivity index is 1.55. The molecule has 0 heterocycles. The van der Waals surface area contributed by atoms with Crippen molar-refractivity contribution in [1.29, 1.82) is 0 Å². The number of hydrogen-bond acceptors (Lipinski definition) is 1. The molecule has 1 fully saturated rings. The Morgan fingerprint density at radius 2 is 1.57 bits per heavy atom. The standard InChI is InChI=1S/C26H33NSi/c1-28(2,27-22-14-7-4-8-15-22)26-18-23(19-10-5-3-6-11-19)24-16-20-12-9-13-21(20)17-25(24)26/h3,5-6,10-11,16-18,22,26-27H,4,7-9,12-15H2,1-2H3. The Morgan fingerprint density at radius 1 is 0.857 bits per heavy atom. The van der Waals surface area contributed by atoms with E-state index in [0.717, 1.165) is 6.04 Å². The van der Waals surface area contributed by atoms with Crippen LogP contribution in [0.15, 0.2) is 48.5 Å². The van der Waals surface area contributed by atoms with Gasteiger partial charge >= 0.3 is 0 Å². The molecule has 0 spiro atoms. The van der Waals surface area contributed by atoms with Crippen LogP contribution in [0.5, 0.6) is 0 Å². The molecule has 1 unspecified atom stereocenters. The maximum absolute atomic E-state index is 4.21. The van der Waals surface area contributed by atoms with Gasteiger partial charge in [-0.2, -0.15) is 0 Å².